The molecular weight excluding hydrogens is 368 g/mol. The molecule has 0 atom stereocenters. The summed E-state index contributed by atoms with van der Waals surface area (Å²) in [5, 5.41) is 2.06. The summed E-state index contributed by atoms with van der Waals surface area (Å²) in [4.78, 5) is 30.5. The van der Waals surface area contributed by atoms with E-state index in [1.165, 1.54) is 10.4 Å². The van der Waals surface area contributed by atoms with Crippen molar-refractivity contribution in [2.75, 3.05) is 13.1 Å². The van der Waals surface area contributed by atoms with Gasteiger partial charge < -0.3 is 9.80 Å². The van der Waals surface area contributed by atoms with Gasteiger partial charge in [0.25, 0.3) is 0 Å². The number of thiophene rings is 1. The molecule has 1 aromatic carbocycles. The molecule has 152 valence electrons. The molecule has 0 bridgehead atoms. The Bertz CT molecular complexity index is 742. The van der Waals surface area contributed by atoms with E-state index < -0.39 is 0 Å². The second-order valence-electron chi connectivity index (χ2n) is 7.18. The number of carbonyl (C=O) groups is 2. The number of benzene rings is 1. The predicted octanol–water partition coefficient (Wildman–Crippen LogP) is 5.01. The van der Waals surface area contributed by atoms with Crippen LogP contribution in [0.2, 0.25) is 0 Å². The van der Waals surface area contributed by atoms with Crippen LogP contribution in [0.25, 0.3) is 0 Å². The molecule has 0 saturated heterocycles. The first-order valence-electron chi connectivity index (χ1n) is 10.2. The molecule has 0 unspecified atom stereocenters. The molecule has 0 saturated carbocycles. The number of rotatable bonds is 11. The van der Waals surface area contributed by atoms with Crippen LogP contribution in [0.4, 0.5) is 0 Å². The van der Waals surface area contributed by atoms with Crippen LogP contribution in [0.5, 0.6) is 0 Å². The largest absolute Gasteiger partial charge is 0.333 e. The molecule has 28 heavy (non-hydrogen) atoms. The highest BCUT2D eigenvalue weighted by Crippen LogP contribution is 2.20. The molecule has 0 aliphatic carbocycles. The molecule has 2 amide bonds. The van der Waals surface area contributed by atoms with Crippen molar-refractivity contribution in [1.82, 2.24) is 9.80 Å². The lowest BCUT2D eigenvalue weighted by Crippen LogP contribution is -2.42. The quantitative estimate of drug-likeness (QED) is 0.532. The van der Waals surface area contributed by atoms with Gasteiger partial charge in [0, 0.05) is 24.4 Å². The van der Waals surface area contributed by atoms with Crippen LogP contribution < -0.4 is 0 Å². The molecular formula is C23H32N2O2S. The Morgan fingerprint density at radius 2 is 1.68 bits per heavy atom. The summed E-state index contributed by atoms with van der Waals surface area (Å²) in [7, 11) is 0. The molecule has 0 aliphatic heterocycles. The number of amides is 2. The lowest BCUT2D eigenvalue weighted by molar-refractivity contribution is -0.141. The zero-order valence-corrected chi connectivity index (χ0v) is 18.1. The van der Waals surface area contributed by atoms with Gasteiger partial charge in [0.15, 0.2) is 0 Å². The molecule has 2 rings (SSSR count). The monoisotopic (exact) mass is 400 g/mol. The summed E-state index contributed by atoms with van der Waals surface area (Å²) in [6.07, 6.45) is 3.23. The van der Waals surface area contributed by atoms with Crippen molar-refractivity contribution in [1.29, 1.82) is 0 Å². The number of hydrogen-bond acceptors (Lipinski definition) is 3. The first-order valence-corrected chi connectivity index (χ1v) is 11.1. The summed E-state index contributed by atoms with van der Waals surface area (Å²) < 4.78 is 0. The van der Waals surface area contributed by atoms with Gasteiger partial charge in [-0.2, -0.15) is 0 Å². The highest BCUT2D eigenvalue weighted by Gasteiger charge is 2.21. The van der Waals surface area contributed by atoms with E-state index in [9.17, 15) is 9.59 Å². The molecule has 0 spiro atoms. The topological polar surface area (TPSA) is 40.6 Å². The van der Waals surface area contributed by atoms with Crippen LogP contribution in [-0.2, 0) is 22.7 Å². The standard InChI is InChI=1S/C23H32N2O2S/c1-4-6-14-24(22(26)10-5-2)18-23(27)25(16-20-11-8-7-9-12-20)17-21-19(3)13-15-28-21/h7-9,11-13,15H,4-6,10,14,16-18H2,1-3H3. The van der Waals surface area contributed by atoms with Gasteiger partial charge >= 0.3 is 0 Å². The van der Waals surface area contributed by atoms with E-state index in [4.69, 9.17) is 0 Å². The first kappa shape index (κ1) is 22.2. The van der Waals surface area contributed by atoms with Crippen molar-refractivity contribution in [3.63, 3.8) is 0 Å². The minimum Gasteiger partial charge on any atom is -0.333 e. The fourth-order valence-corrected chi connectivity index (χ4v) is 3.97. The van der Waals surface area contributed by atoms with E-state index in [1.54, 1.807) is 16.2 Å². The highest BCUT2D eigenvalue weighted by molar-refractivity contribution is 7.10. The number of carbonyl (C=O) groups excluding carboxylic acids is 2. The van der Waals surface area contributed by atoms with Gasteiger partial charge in [-0.15, -0.1) is 11.3 Å². The Morgan fingerprint density at radius 1 is 0.929 bits per heavy atom. The van der Waals surface area contributed by atoms with Crippen LogP contribution in [-0.4, -0.2) is 34.7 Å². The number of hydrogen-bond donors (Lipinski definition) is 0. The van der Waals surface area contributed by atoms with Crippen molar-refractivity contribution < 1.29 is 9.59 Å². The van der Waals surface area contributed by atoms with Crippen molar-refractivity contribution in [3.05, 3.63) is 57.8 Å². The van der Waals surface area contributed by atoms with Gasteiger partial charge in [-0.3, -0.25) is 9.59 Å². The van der Waals surface area contributed by atoms with Crippen LogP contribution in [0.1, 0.15) is 55.5 Å². The molecule has 0 fully saturated rings. The maximum Gasteiger partial charge on any atom is 0.242 e. The molecule has 4 nitrogen and oxygen atoms in total. The number of aryl methyl sites for hydroxylation is 1. The second-order valence-corrected chi connectivity index (χ2v) is 8.18. The SMILES string of the molecule is CCCCN(CC(=O)N(Cc1ccccc1)Cc1sccc1C)C(=O)CCC. The Morgan fingerprint density at radius 3 is 2.29 bits per heavy atom. The zero-order chi connectivity index (χ0) is 20.4. The summed E-state index contributed by atoms with van der Waals surface area (Å²) >= 11 is 1.68. The molecule has 0 N–H and O–H groups in total. The van der Waals surface area contributed by atoms with Gasteiger partial charge in [-0.25, -0.2) is 0 Å². The van der Waals surface area contributed by atoms with Crippen molar-refractivity contribution >= 4 is 23.2 Å². The minimum atomic E-state index is 0.0113. The Kier molecular flexibility index (Phi) is 9.21. The van der Waals surface area contributed by atoms with Crippen molar-refractivity contribution in [2.24, 2.45) is 0 Å². The molecule has 0 radical (unpaired) electrons. The van der Waals surface area contributed by atoms with Gasteiger partial charge in [0.2, 0.25) is 11.8 Å². The van der Waals surface area contributed by atoms with Crippen LogP contribution >= 0.6 is 11.3 Å². The third-order valence-corrected chi connectivity index (χ3v) is 5.80. The predicted molar refractivity (Wildman–Crippen MR) is 116 cm³/mol. The second kappa shape index (κ2) is 11.6. The van der Waals surface area contributed by atoms with Crippen LogP contribution in [0.15, 0.2) is 41.8 Å². The minimum absolute atomic E-state index is 0.0113. The third kappa shape index (κ3) is 6.79. The van der Waals surface area contributed by atoms with Crippen molar-refractivity contribution in [3.8, 4) is 0 Å². The molecule has 5 heteroatoms. The Balaban J connectivity index is 2.15. The third-order valence-electron chi connectivity index (χ3n) is 4.80. The number of nitrogens with zero attached hydrogens (tertiary/aromatic N) is 2. The van der Waals surface area contributed by atoms with E-state index in [2.05, 4.69) is 25.3 Å². The van der Waals surface area contributed by atoms with Gasteiger partial charge in [0.1, 0.15) is 0 Å². The molecule has 1 aromatic heterocycles. The van der Waals surface area contributed by atoms with Crippen LogP contribution in [0.3, 0.4) is 0 Å². The average Bonchev–Trinajstić information content (AvgIpc) is 3.10. The first-order chi connectivity index (χ1) is 13.5. The smallest absolute Gasteiger partial charge is 0.242 e. The summed E-state index contributed by atoms with van der Waals surface area (Å²) in [5.74, 6) is 0.0912. The molecule has 2 aromatic rings. The van der Waals surface area contributed by atoms with E-state index in [-0.39, 0.29) is 18.4 Å². The zero-order valence-electron chi connectivity index (χ0n) is 17.3. The van der Waals surface area contributed by atoms with Crippen molar-refractivity contribution in [2.45, 2.75) is 59.5 Å². The van der Waals surface area contributed by atoms with E-state index in [0.717, 1.165) is 24.8 Å². The number of unbranched alkanes of at least 4 members (excludes halogenated alkanes) is 1. The van der Waals surface area contributed by atoms with Gasteiger partial charge in [-0.05, 0) is 42.3 Å². The Hall–Kier alpha value is -2.14. The maximum absolute atomic E-state index is 13.2. The lowest BCUT2D eigenvalue weighted by Gasteiger charge is -2.28. The highest BCUT2D eigenvalue weighted by atomic mass is 32.1. The fraction of sp³-hybridized carbons (Fsp3) is 0.478. The average molecular weight is 401 g/mol. The molecule has 0 aliphatic rings. The maximum atomic E-state index is 13.2. The van der Waals surface area contributed by atoms with E-state index >= 15 is 0 Å². The molecule has 1 heterocycles. The lowest BCUT2D eigenvalue weighted by atomic mass is 10.2. The van der Waals surface area contributed by atoms with E-state index in [1.807, 2.05) is 42.2 Å². The summed E-state index contributed by atoms with van der Waals surface area (Å²) in [6.45, 7) is 8.13. The Labute approximate surface area is 173 Å². The van der Waals surface area contributed by atoms with Gasteiger partial charge in [-0.1, -0.05) is 50.6 Å². The van der Waals surface area contributed by atoms with E-state index in [0.29, 0.717) is 26.1 Å². The summed E-state index contributed by atoms with van der Waals surface area (Å²) in [6, 6.07) is 12.1. The summed E-state index contributed by atoms with van der Waals surface area (Å²) in [5.41, 5.74) is 2.31. The van der Waals surface area contributed by atoms with Crippen LogP contribution in [0, 0.1) is 6.92 Å². The van der Waals surface area contributed by atoms with Gasteiger partial charge in [0.05, 0.1) is 13.1 Å². The normalized spacial score (nSPS) is 10.7. The fourth-order valence-electron chi connectivity index (χ4n) is 3.05.